The molecule has 1 saturated carbocycles. The summed E-state index contributed by atoms with van der Waals surface area (Å²) < 4.78 is 5.80. The number of hydrogen-bond donors (Lipinski definition) is 1. The van der Waals surface area contributed by atoms with Crippen LogP contribution in [0.5, 0.6) is 5.75 Å². The van der Waals surface area contributed by atoms with Gasteiger partial charge in [0.2, 0.25) is 0 Å². The van der Waals surface area contributed by atoms with Gasteiger partial charge < -0.3 is 10.5 Å². The molecule has 0 aliphatic heterocycles. The van der Waals surface area contributed by atoms with Crippen LogP contribution < -0.4 is 10.5 Å². The van der Waals surface area contributed by atoms with Gasteiger partial charge in [-0.3, -0.25) is 4.79 Å². The largest absolute Gasteiger partial charge is 0.493 e. The van der Waals surface area contributed by atoms with Crippen molar-refractivity contribution in [2.24, 2.45) is 11.7 Å². The molecule has 3 heteroatoms. The lowest BCUT2D eigenvalue weighted by atomic mass is 9.86. The zero-order valence-corrected chi connectivity index (χ0v) is 10.9. The Labute approximate surface area is 108 Å². The first kappa shape index (κ1) is 13.1. The summed E-state index contributed by atoms with van der Waals surface area (Å²) in [5.41, 5.74) is 7.20. The summed E-state index contributed by atoms with van der Waals surface area (Å²) in [7, 11) is 0. The molecule has 0 bridgehead atoms. The van der Waals surface area contributed by atoms with Crippen LogP contribution in [0.2, 0.25) is 0 Å². The fourth-order valence-electron chi connectivity index (χ4n) is 2.12. The Hall–Kier alpha value is -1.35. The van der Waals surface area contributed by atoms with E-state index >= 15 is 0 Å². The lowest BCUT2D eigenvalue weighted by Gasteiger charge is -2.25. The molecular formula is C15H21NO2. The third kappa shape index (κ3) is 3.10. The molecule has 0 heterocycles. The minimum Gasteiger partial charge on any atom is -0.493 e. The van der Waals surface area contributed by atoms with Crippen molar-refractivity contribution >= 4 is 5.78 Å². The number of aryl methyl sites for hydroxylation is 1. The van der Waals surface area contributed by atoms with E-state index < -0.39 is 0 Å². The highest BCUT2D eigenvalue weighted by atomic mass is 16.5. The standard InChI is InChI=1S/C15H21NO2/c1-11-5-6-15(18-10-12-3-2-4-12)13(9-11)14(17)7-8-16/h5-6,9,12H,2-4,7-8,10,16H2,1H3. The second-order valence-electron chi connectivity index (χ2n) is 5.07. The SMILES string of the molecule is Cc1ccc(OCC2CCC2)c(C(=O)CCN)c1. The van der Waals surface area contributed by atoms with Gasteiger partial charge in [-0.15, -0.1) is 0 Å². The molecule has 18 heavy (non-hydrogen) atoms. The molecule has 0 atom stereocenters. The molecule has 2 rings (SSSR count). The summed E-state index contributed by atoms with van der Waals surface area (Å²) in [5, 5.41) is 0. The summed E-state index contributed by atoms with van der Waals surface area (Å²) >= 11 is 0. The number of carbonyl (C=O) groups is 1. The van der Waals surface area contributed by atoms with Crippen molar-refractivity contribution in [1.82, 2.24) is 0 Å². The van der Waals surface area contributed by atoms with Crippen LogP contribution in [0, 0.1) is 12.8 Å². The average Bonchev–Trinajstić information content (AvgIpc) is 2.29. The fraction of sp³-hybridized carbons (Fsp3) is 0.533. The maximum Gasteiger partial charge on any atom is 0.167 e. The fourth-order valence-corrected chi connectivity index (χ4v) is 2.12. The van der Waals surface area contributed by atoms with E-state index in [1.807, 2.05) is 25.1 Å². The zero-order valence-electron chi connectivity index (χ0n) is 10.9. The van der Waals surface area contributed by atoms with E-state index in [0.717, 1.165) is 12.2 Å². The van der Waals surface area contributed by atoms with Gasteiger partial charge in [0.1, 0.15) is 5.75 Å². The monoisotopic (exact) mass is 247 g/mol. The van der Waals surface area contributed by atoms with Crippen LogP contribution >= 0.6 is 0 Å². The summed E-state index contributed by atoms with van der Waals surface area (Å²) in [6.45, 7) is 3.09. The van der Waals surface area contributed by atoms with Crippen molar-refractivity contribution in [3.63, 3.8) is 0 Å². The number of rotatable bonds is 6. The summed E-state index contributed by atoms with van der Waals surface area (Å²) in [4.78, 5) is 12.0. The molecule has 2 N–H and O–H groups in total. The normalized spacial score (nSPS) is 15.2. The number of Topliss-reactive ketones (excluding diaryl/α,β-unsaturated/α-hetero) is 1. The van der Waals surface area contributed by atoms with E-state index in [4.69, 9.17) is 10.5 Å². The van der Waals surface area contributed by atoms with Crippen LogP contribution in [0.3, 0.4) is 0 Å². The Kier molecular flexibility index (Phi) is 4.37. The van der Waals surface area contributed by atoms with Crippen LogP contribution in [-0.2, 0) is 0 Å². The minimum atomic E-state index is 0.0739. The number of nitrogens with two attached hydrogens (primary N) is 1. The maximum atomic E-state index is 12.0. The molecular weight excluding hydrogens is 226 g/mol. The van der Waals surface area contributed by atoms with Crippen molar-refractivity contribution in [3.8, 4) is 5.75 Å². The van der Waals surface area contributed by atoms with Crippen molar-refractivity contribution in [1.29, 1.82) is 0 Å². The van der Waals surface area contributed by atoms with E-state index in [1.54, 1.807) is 0 Å². The predicted octanol–water partition coefficient (Wildman–Crippen LogP) is 2.71. The van der Waals surface area contributed by atoms with E-state index in [-0.39, 0.29) is 5.78 Å². The van der Waals surface area contributed by atoms with Crippen LogP contribution in [-0.4, -0.2) is 18.9 Å². The van der Waals surface area contributed by atoms with Gasteiger partial charge in [0, 0.05) is 6.42 Å². The second-order valence-corrected chi connectivity index (χ2v) is 5.07. The quantitative estimate of drug-likeness (QED) is 0.786. The van der Waals surface area contributed by atoms with Gasteiger partial charge in [0.15, 0.2) is 5.78 Å². The third-order valence-electron chi connectivity index (χ3n) is 3.51. The van der Waals surface area contributed by atoms with Gasteiger partial charge in [0.25, 0.3) is 0 Å². The maximum absolute atomic E-state index is 12.0. The Morgan fingerprint density at radius 2 is 2.22 bits per heavy atom. The van der Waals surface area contributed by atoms with E-state index in [2.05, 4.69) is 0 Å². The van der Waals surface area contributed by atoms with Gasteiger partial charge in [-0.25, -0.2) is 0 Å². The first-order valence-electron chi connectivity index (χ1n) is 6.67. The molecule has 1 aromatic carbocycles. The number of carbonyl (C=O) groups excluding carboxylic acids is 1. The van der Waals surface area contributed by atoms with Crippen LogP contribution in [0.15, 0.2) is 18.2 Å². The van der Waals surface area contributed by atoms with Gasteiger partial charge in [-0.05, 0) is 44.4 Å². The van der Waals surface area contributed by atoms with Gasteiger partial charge in [-0.2, -0.15) is 0 Å². The van der Waals surface area contributed by atoms with Crippen molar-refractivity contribution < 1.29 is 9.53 Å². The summed E-state index contributed by atoms with van der Waals surface area (Å²) in [5.74, 6) is 1.46. The number of hydrogen-bond acceptors (Lipinski definition) is 3. The highest BCUT2D eigenvalue weighted by Crippen LogP contribution is 2.28. The van der Waals surface area contributed by atoms with Gasteiger partial charge in [-0.1, -0.05) is 18.1 Å². The average molecular weight is 247 g/mol. The molecule has 0 radical (unpaired) electrons. The molecule has 0 amide bonds. The van der Waals surface area contributed by atoms with E-state index in [9.17, 15) is 4.79 Å². The molecule has 1 aliphatic rings. The smallest absolute Gasteiger partial charge is 0.167 e. The van der Waals surface area contributed by atoms with E-state index in [0.29, 0.717) is 30.2 Å². The molecule has 3 nitrogen and oxygen atoms in total. The Morgan fingerprint density at radius 3 is 2.83 bits per heavy atom. The third-order valence-corrected chi connectivity index (χ3v) is 3.51. The number of ether oxygens (including phenoxy) is 1. The van der Waals surface area contributed by atoms with Crippen LogP contribution in [0.4, 0.5) is 0 Å². The first-order valence-corrected chi connectivity index (χ1v) is 6.67. The lowest BCUT2D eigenvalue weighted by Crippen LogP contribution is -2.20. The topological polar surface area (TPSA) is 52.3 Å². The molecule has 98 valence electrons. The minimum absolute atomic E-state index is 0.0739. The molecule has 0 saturated heterocycles. The number of benzene rings is 1. The predicted molar refractivity (Wildman–Crippen MR) is 72.0 cm³/mol. The van der Waals surface area contributed by atoms with Crippen molar-refractivity contribution in [3.05, 3.63) is 29.3 Å². The zero-order chi connectivity index (χ0) is 13.0. The van der Waals surface area contributed by atoms with Gasteiger partial charge >= 0.3 is 0 Å². The molecule has 0 unspecified atom stereocenters. The lowest BCUT2D eigenvalue weighted by molar-refractivity contribution is 0.0978. The van der Waals surface area contributed by atoms with Crippen molar-refractivity contribution in [2.45, 2.75) is 32.6 Å². The number of ketones is 1. The molecule has 1 aliphatic carbocycles. The van der Waals surface area contributed by atoms with Crippen LogP contribution in [0.25, 0.3) is 0 Å². The van der Waals surface area contributed by atoms with Crippen molar-refractivity contribution in [2.75, 3.05) is 13.2 Å². The summed E-state index contributed by atoms with van der Waals surface area (Å²) in [6.07, 6.45) is 4.18. The summed E-state index contributed by atoms with van der Waals surface area (Å²) in [6, 6.07) is 5.78. The highest BCUT2D eigenvalue weighted by Gasteiger charge is 2.19. The molecule has 0 spiro atoms. The Morgan fingerprint density at radius 1 is 1.44 bits per heavy atom. The highest BCUT2D eigenvalue weighted by molar-refractivity contribution is 5.98. The molecule has 1 fully saturated rings. The van der Waals surface area contributed by atoms with Gasteiger partial charge in [0.05, 0.1) is 12.2 Å². The van der Waals surface area contributed by atoms with Crippen LogP contribution in [0.1, 0.15) is 41.6 Å². The first-order chi connectivity index (χ1) is 8.70. The Balaban J connectivity index is 2.08. The Bertz CT molecular complexity index is 425. The molecule has 1 aromatic rings. The second kappa shape index (κ2) is 6.01. The van der Waals surface area contributed by atoms with E-state index in [1.165, 1.54) is 19.3 Å². The molecule has 0 aromatic heterocycles.